The Bertz CT molecular complexity index is 860. The van der Waals surface area contributed by atoms with Gasteiger partial charge in [0.25, 0.3) is 5.69 Å². The van der Waals surface area contributed by atoms with Crippen molar-refractivity contribution in [3.63, 3.8) is 0 Å². The van der Waals surface area contributed by atoms with Crippen LogP contribution in [0.5, 0.6) is 5.75 Å². The van der Waals surface area contributed by atoms with Gasteiger partial charge in [-0.15, -0.1) is 6.58 Å². The van der Waals surface area contributed by atoms with E-state index in [1.807, 2.05) is 25.1 Å². The van der Waals surface area contributed by atoms with Crippen LogP contribution in [0, 0.1) is 16.0 Å². The summed E-state index contributed by atoms with van der Waals surface area (Å²) in [6, 6.07) is 12.7. The average Bonchev–Trinajstić information content (AvgIpc) is 2.72. The Morgan fingerprint density at radius 2 is 1.83 bits per heavy atom. The molecule has 154 valence electrons. The lowest BCUT2D eigenvalue weighted by molar-refractivity contribution is -0.384. The maximum Gasteiger partial charge on any atom is 0.269 e. The van der Waals surface area contributed by atoms with Gasteiger partial charge in [-0.05, 0) is 43.0 Å². The Labute approximate surface area is 170 Å². The van der Waals surface area contributed by atoms with Crippen molar-refractivity contribution in [2.75, 3.05) is 0 Å². The second-order valence-corrected chi connectivity index (χ2v) is 6.93. The number of benzene rings is 2. The van der Waals surface area contributed by atoms with E-state index in [0.29, 0.717) is 18.4 Å². The van der Waals surface area contributed by atoms with Crippen molar-refractivity contribution in [3.8, 4) is 5.75 Å². The number of aliphatic hydroxyl groups excluding tert-OH is 2. The smallest absolute Gasteiger partial charge is 0.269 e. The van der Waals surface area contributed by atoms with Crippen LogP contribution in [0.25, 0.3) is 6.08 Å². The Balaban J connectivity index is 2.06. The lowest BCUT2D eigenvalue weighted by Crippen LogP contribution is -2.25. The number of rotatable bonds is 10. The summed E-state index contributed by atoms with van der Waals surface area (Å²) in [4.78, 5) is 10.3. The maximum absolute atomic E-state index is 10.8. The number of aromatic hydroxyl groups is 1. The first-order valence-electron chi connectivity index (χ1n) is 9.57. The molecule has 29 heavy (non-hydrogen) atoms. The highest BCUT2D eigenvalue weighted by atomic mass is 16.6. The van der Waals surface area contributed by atoms with Crippen LogP contribution in [0.1, 0.15) is 43.4 Å². The molecule has 0 aromatic heterocycles. The SMILES string of the molecule is C=C[C@H]([C@H](O)CC/C(=C/c1ccccc1O)CC)[C@H](O)c1ccc([N+](=O)[O-])cc1. The van der Waals surface area contributed by atoms with Gasteiger partial charge in [-0.2, -0.15) is 0 Å². The van der Waals surface area contributed by atoms with E-state index in [0.717, 1.165) is 17.6 Å². The van der Waals surface area contributed by atoms with E-state index in [-0.39, 0.29) is 11.4 Å². The highest BCUT2D eigenvalue weighted by Gasteiger charge is 2.26. The van der Waals surface area contributed by atoms with E-state index in [2.05, 4.69) is 6.58 Å². The molecule has 2 aromatic carbocycles. The van der Waals surface area contributed by atoms with E-state index in [4.69, 9.17) is 0 Å². The Morgan fingerprint density at radius 3 is 2.38 bits per heavy atom. The van der Waals surface area contributed by atoms with Crippen LogP contribution in [0.2, 0.25) is 0 Å². The predicted molar refractivity (Wildman–Crippen MR) is 113 cm³/mol. The van der Waals surface area contributed by atoms with Crippen LogP contribution in [0.4, 0.5) is 5.69 Å². The van der Waals surface area contributed by atoms with Gasteiger partial charge in [0.15, 0.2) is 0 Å². The molecule has 0 radical (unpaired) electrons. The maximum atomic E-state index is 10.8. The molecule has 3 atom stereocenters. The van der Waals surface area contributed by atoms with Crippen molar-refractivity contribution in [3.05, 3.63) is 88.0 Å². The molecule has 6 nitrogen and oxygen atoms in total. The van der Waals surface area contributed by atoms with Crippen LogP contribution >= 0.6 is 0 Å². The summed E-state index contributed by atoms with van der Waals surface area (Å²) in [6.07, 6.45) is 3.35. The number of aliphatic hydroxyl groups is 2. The van der Waals surface area contributed by atoms with Gasteiger partial charge in [0.1, 0.15) is 5.75 Å². The minimum absolute atomic E-state index is 0.0569. The fourth-order valence-corrected chi connectivity index (χ4v) is 3.22. The van der Waals surface area contributed by atoms with Gasteiger partial charge in [0.2, 0.25) is 0 Å². The van der Waals surface area contributed by atoms with Gasteiger partial charge < -0.3 is 15.3 Å². The summed E-state index contributed by atoms with van der Waals surface area (Å²) in [5, 5.41) is 42.0. The highest BCUT2D eigenvalue weighted by molar-refractivity contribution is 5.59. The number of nitrogens with zero attached hydrogens (tertiary/aromatic N) is 1. The number of phenolic OH excluding ortho intramolecular Hbond substituents is 1. The number of allylic oxidation sites excluding steroid dienone is 1. The molecule has 0 aliphatic carbocycles. The number of nitro benzene ring substituents is 1. The molecule has 0 fully saturated rings. The lowest BCUT2D eigenvalue weighted by Gasteiger charge is -2.25. The van der Waals surface area contributed by atoms with Gasteiger partial charge in [-0.25, -0.2) is 0 Å². The molecule has 3 N–H and O–H groups in total. The van der Waals surface area contributed by atoms with Gasteiger partial charge in [0.05, 0.1) is 17.1 Å². The average molecular weight is 397 g/mol. The molecular formula is C23H27NO5. The van der Waals surface area contributed by atoms with E-state index in [1.165, 1.54) is 30.3 Å². The van der Waals surface area contributed by atoms with Gasteiger partial charge in [-0.1, -0.05) is 42.8 Å². The third-order valence-corrected chi connectivity index (χ3v) is 5.04. The normalized spacial score (nSPS) is 14.8. The molecule has 0 aliphatic heterocycles. The molecule has 0 unspecified atom stereocenters. The van der Waals surface area contributed by atoms with E-state index < -0.39 is 23.0 Å². The quantitative estimate of drug-likeness (QED) is 0.304. The first kappa shape index (κ1) is 22.3. The Morgan fingerprint density at radius 1 is 1.17 bits per heavy atom. The highest BCUT2D eigenvalue weighted by Crippen LogP contribution is 2.30. The third kappa shape index (κ3) is 6.01. The zero-order valence-electron chi connectivity index (χ0n) is 16.4. The van der Waals surface area contributed by atoms with Crippen LogP contribution in [-0.4, -0.2) is 26.3 Å². The fourth-order valence-electron chi connectivity index (χ4n) is 3.22. The number of nitro groups is 1. The van der Waals surface area contributed by atoms with Crippen molar-refractivity contribution in [1.29, 1.82) is 0 Å². The number of para-hydroxylation sites is 1. The fraction of sp³-hybridized carbons (Fsp3) is 0.304. The summed E-state index contributed by atoms with van der Waals surface area (Å²) in [5.41, 5.74) is 2.22. The Hall–Kier alpha value is -2.96. The van der Waals surface area contributed by atoms with E-state index >= 15 is 0 Å². The van der Waals surface area contributed by atoms with Crippen molar-refractivity contribution < 1.29 is 20.2 Å². The molecule has 0 amide bonds. The third-order valence-electron chi connectivity index (χ3n) is 5.04. The van der Waals surface area contributed by atoms with Gasteiger partial charge in [0, 0.05) is 23.6 Å². The molecule has 2 rings (SSSR count). The summed E-state index contributed by atoms with van der Waals surface area (Å²) < 4.78 is 0. The lowest BCUT2D eigenvalue weighted by atomic mass is 9.87. The number of hydrogen-bond donors (Lipinski definition) is 3. The first-order chi connectivity index (χ1) is 13.9. The van der Waals surface area contributed by atoms with Gasteiger partial charge in [-0.3, -0.25) is 10.1 Å². The summed E-state index contributed by atoms with van der Waals surface area (Å²) in [6.45, 7) is 5.73. The minimum atomic E-state index is -1.02. The molecular weight excluding hydrogens is 370 g/mol. The van der Waals surface area contributed by atoms with Crippen LogP contribution in [0.3, 0.4) is 0 Å². The largest absolute Gasteiger partial charge is 0.507 e. The molecule has 2 aromatic rings. The Kier molecular flexibility index (Phi) is 8.12. The predicted octanol–water partition coefficient (Wildman–Crippen LogP) is 4.77. The second-order valence-electron chi connectivity index (χ2n) is 6.93. The summed E-state index contributed by atoms with van der Waals surface area (Å²) in [7, 11) is 0. The monoisotopic (exact) mass is 397 g/mol. The second kappa shape index (κ2) is 10.5. The molecule has 6 heteroatoms. The standard InChI is InChI=1S/C23H27NO5/c1-3-16(15-18-7-5-6-8-21(18)25)9-14-22(26)20(4-2)23(27)17-10-12-19(13-11-17)24(28)29/h4-8,10-13,15,20,22-23,25-27H,2-3,9,14H2,1H3/b16-15+/t20-,22-,23-/m1/s1. The first-order valence-corrected chi connectivity index (χ1v) is 9.57. The summed E-state index contributed by atoms with van der Waals surface area (Å²) in [5.74, 6) is -0.406. The number of non-ortho nitro benzene ring substituents is 1. The van der Waals surface area contributed by atoms with E-state index in [9.17, 15) is 25.4 Å². The minimum Gasteiger partial charge on any atom is -0.507 e. The molecule has 0 saturated heterocycles. The van der Waals surface area contributed by atoms with Gasteiger partial charge >= 0.3 is 0 Å². The van der Waals surface area contributed by atoms with Crippen LogP contribution < -0.4 is 0 Å². The molecule has 0 spiro atoms. The topological polar surface area (TPSA) is 104 Å². The van der Waals surface area contributed by atoms with Crippen molar-refractivity contribution in [1.82, 2.24) is 0 Å². The molecule has 0 heterocycles. The zero-order valence-corrected chi connectivity index (χ0v) is 16.4. The molecule has 0 bridgehead atoms. The molecule has 0 saturated carbocycles. The summed E-state index contributed by atoms with van der Waals surface area (Å²) >= 11 is 0. The number of hydrogen-bond acceptors (Lipinski definition) is 5. The van der Waals surface area contributed by atoms with Crippen LogP contribution in [0.15, 0.2) is 66.8 Å². The molecule has 0 aliphatic rings. The van der Waals surface area contributed by atoms with Crippen molar-refractivity contribution in [2.24, 2.45) is 5.92 Å². The number of phenols is 1. The van der Waals surface area contributed by atoms with Crippen LogP contribution in [-0.2, 0) is 0 Å². The zero-order chi connectivity index (χ0) is 21.4. The van der Waals surface area contributed by atoms with E-state index in [1.54, 1.807) is 12.1 Å². The van der Waals surface area contributed by atoms with Crippen molar-refractivity contribution >= 4 is 11.8 Å². The van der Waals surface area contributed by atoms with Crippen molar-refractivity contribution in [2.45, 2.75) is 38.4 Å².